The van der Waals surface area contributed by atoms with Crippen molar-refractivity contribution in [3.05, 3.63) is 59.4 Å². The fourth-order valence-corrected chi connectivity index (χ4v) is 3.21. The first-order valence-corrected chi connectivity index (χ1v) is 8.57. The Morgan fingerprint density at radius 3 is 2.88 bits per heavy atom. The first-order valence-electron chi connectivity index (χ1n) is 8.57. The van der Waals surface area contributed by atoms with Crippen molar-refractivity contribution in [1.82, 2.24) is 10.2 Å². The van der Waals surface area contributed by atoms with Crippen molar-refractivity contribution < 1.29 is 19.1 Å². The summed E-state index contributed by atoms with van der Waals surface area (Å²) in [5.74, 6) is -0.913. The lowest BCUT2D eigenvalue weighted by Gasteiger charge is -2.35. The highest BCUT2D eigenvalue weighted by Gasteiger charge is 2.33. The van der Waals surface area contributed by atoms with Gasteiger partial charge in [-0.15, -0.1) is 0 Å². The lowest BCUT2D eigenvalue weighted by molar-refractivity contribution is -0.128. The van der Waals surface area contributed by atoms with Crippen LogP contribution in [0.3, 0.4) is 0 Å². The molecule has 1 aliphatic rings. The van der Waals surface area contributed by atoms with Crippen molar-refractivity contribution in [3.8, 4) is 11.1 Å². The summed E-state index contributed by atoms with van der Waals surface area (Å²) >= 11 is 0. The van der Waals surface area contributed by atoms with E-state index in [4.69, 9.17) is 0 Å². The fourth-order valence-electron chi connectivity index (χ4n) is 3.21. The summed E-state index contributed by atoms with van der Waals surface area (Å²) in [5.41, 5.74) is 2.36. The molecule has 0 aromatic heterocycles. The first kappa shape index (κ1) is 18.1. The molecule has 1 fully saturated rings. The monoisotopic (exact) mass is 356 g/mol. The number of aryl methyl sites for hydroxylation is 1. The van der Waals surface area contributed by atoms with Crippen LogP contribution < -0.4 is 5.32 Å². The minimum absolute atomic E-state index is 0.184. The molecule has 2 N–H and O–H groups in total. The SMILES string of the molecule is Cc1ccc(F)c(-c2cccc(C(=O)N3CCNC(=O)[C@H]3CCO)c2)c1. The molecule has 2 aromatic carbocycles. The van der Waals surface area contributed by atoms with Crippen LogP contribution in [0.4, 0.5) is 4.39 Å². The number of benzene rings is 2. The summed E-state index contributed by atoms with van der Waals surface area (Å²) in [7, 11) is 0. The molecule has 0 saturated carbocycles. The van der Waals surface area contributed by atoms with Crippen LogP contribution in [0.2, 0.25) is 0 Å². The minimum atomic E-state index is -0.694. The van der Waals surface area contributed by atoms with E-state index in [1.165, 1.54) is 11.0 Å². The van der Waals surface area contributed by atoms with Gasteiger partial charge in [-0.3, -0.25) is 9.59 Å². The van der Waals surface area contributed by atoms with Crippen LogP contribution in [0.5, 0.6) is 0 Å². The summed E-state index contributed by atoms with van der Waals surface area (Å²) < 4.78 is 14.2. The van der Waals surface area contributed by atoms with Crippen molar-refractivity contribution in [1.29, 1.82) is 0 Å². The van der Waals surface area contributed by atoms with E-state index in [2.05, 4.69) is 5.32 Å². The van der Waals surface area contributed by atoms with Crippen molar-refractivity contribution in [3.63, 3.8) is 0 Å². The van der Waals surface area contributed by atoms with Gasteiger partial charge in [0.15, 0.2) is 0 Å². The number of amides is 2. The van der Waals surface area contributed by atoms with Crippen LogP contribution in [0.15, 0.2) is 42.5 Å². The first-order chi connectivity index (χ1) is 12.5. The summed E-state index contributed by atoms with van der Waals surface area (Å²) in [6, 6.07) is 10.9. The highest BCUT2D eigenvalue weighted by molar-refractivity contribution is 5.99. The van der Waals surface area contributed by atoms with Gasteiger partial charge in [0.05, 0.1) is 0 Å². The third kappa shape index (κ3) is 3.60. The fraction of sp³-hybridized carbons (Fsp3) is 0.300. The van der Waals surface area contributed by atoms with E-state index in [0.717, 1.165) is 5.56 Å². The quantitative estimate of drug-likeness (QED) is 0.882. The Balaban J connectivity index is 1.93. The van der Waals surface area contributed by atoms with Crippen LogP contribution >= 0.6 is 0 Å². The van der Waals surface area contributed by atoms with Gasteiger partial charge in [-0.05, 0) is 43.2 Å². The number of rotatable bonds is 4. The second kappa shape index (κ2) is 7.66. The van der Waals surface area contributed by atoms with Crippen molar-refractivity contribution >= 4 is 11.8 Å². The number of nitrogens with zero attached hydrogens (tertiary/aromatic N) is 1. The van der Waals surface area contributed by atoms with Gasteiger partial charge in [-0.1, -0.05) is 23.8 Å². The summed E-state index contributed by atoms with van der Waals surface area (Å²) in [6.45, 7) is 2.44. The molecule has 136 valence electrons. The molecule has 26 heavy (non-hydrogen) atoms. The highest BCUT2D eigenvalue weighted by atomic mass is 19.1. The molecule has 0 unspecified atom stereocenters. The lowest BCUT2D eigenvalue weighted by atomic mass is 9.99. The molecule has 0 radical (unpaired) electrons. The predicted octanol–water partition coefficient (Wildman–Crippen LogP) is 2.12. The molecule has 1 atom stereocenters. The van der Waals surface area contributed by atoms with Crippen molar-refractivity contribution in [2.24, 2.45) is 0 Å². The number of hydrogen-bond acceptors (Lipinski definition) is 3. The average molecular weight is 356 g/mol. The highest BCUT2D eigenvalue weighted by Crippen LogP contribution is 2.26. The lowest BCUT2D eigenvalue weighted by Crippen LogP contribution is -2.57. The third-order valence-corrected chi connectivity index (χ3v) is 4.54. The Kier molecular flexibility index (Phi) is 5.32. The molecular formula is C20H21FN2O3. The van der Waals surface area contributed by atoms with Crippen LogP contribution in [0, 0.1) is 12.7 Å². The number of halogens is 1. The number of hydrogen-bond donors (Lipinski definition) is 2. The zero-order chi connectivity index (χ0) is 18.7. The van der Waals surface area contributed by atoms with E-state index in [-0.39, 0.29) is 30.7 Å². The van der Waals surface area contributed by atoms with Crippen LogP contribution in [-0.2, 0) is 4.79 Å². The van der Waals surface area contributed by atoms with Crippen LogP contribution in [0.1, 0.15) is 22.3 Å². The van der Waals surface area contributed by atoms with Crippen LogP contribution in [-0.4, -0.2) is 47.6 Å². The normalized spacial score (nSPS) is 17.1. The number of aliphatic hydroxyl groups is 1. The number of aliphatic hydroxyl groups excluding tert-OH is 1. The van der Waals surface area contributed by atoms with Crippen molar-refractivity contribution in [2.75, 3.05) is 19.7 Å². The van der Waals surface area contributed by atoms with Crippen LogP contribution in [0.25, 0.3) is 11.1 Å². The molecule has 2 amide bonds. The molecule has 1 saturated heterocycles. The van der Waals surface area contributed by atoms with Gasteiger partial charge < -0.3 is 15.3 Å². The third-order valence-electron chi connectivity index (χ3n) is 4.54. The molecule has 5 nitrogen and oxygen atoms in total. The zero-order valence-electron chi connectivity index (χ0n) is 14.5. The number of nitrogens with one attached hydrogen (secondary N) is 1. The summed E-state index contributed by atoms with van der Waals surface area (Å²) in [5, 5.41) is 11.9. The van der Waals surface area contributed by atoms with Gasteiger partial charge in [0.1, 0.15) is 11.9 Å². The topological polar surface area (TPSA) is 69.6 Å². The molecule has 3 rings (SSSR count). The Morgan fingerprint density at radius 1 is 1.31 bits per heavy atom. The maximum Gasteiger partial charge on any atom is 0.254 e. The second-order valence-corrected chi connectivity index (χ2v) is 6.38. The number of carbonyl (C=O) groups excluding carboxylic acids is 2. The number of piperazine rings is 1. The molecule has 0 spiro atoms. The van der Waals surface area contributed by atoms with Gasteiger partial charge >= 0.3 is 0 Å². The number of carbonyl (C=O) groups is 2. The molecule has 6 heteroatoms. The Hall–Kier alpha value is -2.73. The Labute approximate surface area is 151 Å². The van der Waals surface area contributed by atoms with Gasteiger partial charge in [0.25, 0.3) is 5.91 Å². The largest absolute Gasteiger partial charge is 0.396 e. The molecule has 1 heterocycles. The molecule has 2 aromatic rings. The van der Waals surface area contributed by atoms with E-state index >= 15 is 0 Å². The Morgan fingerprint density at radius 2 is 2.12 bits per heavy atom. The summed E-state index contributed by atoms with van der Waals surface area (Å²) in [6.07, 6.45) is 0.184. The zero-order valence-corrected chi connectivity index (χ0v) is 14.5. The van der Waals surface area contributed by atoms with E-state index in [1.807, 2.05) is 6.92 Å². The van der Waals surface area contributed by atoms with E-state index < -0.39 is 6.04 Å². The molecule has 0 aliphatic carbocycles. The van der Waals surface area contributed by atoms with Gasteiger partial charge in [-0.25, -0.2) is 4.39 Å². The summed E-state index contributed by atoms with van der Waals surface area (Å²) in [4.78, 5) is 26.4. The van der Waals surface area contributed by atoms with Gasteiger partial charge in [-0.2, -0.15) is 0 Å². The minimum Gasteiger partial charge on any atom is -0.396 e. The van der Waals surface area contributed by atoms with Gasteiger partial charge in [0, 0.05) is 30.8 Å². The van der Waals surface area contributed by atoms with Gasteiger partial charge in [0.2, 0.25) is 5.91 Å². The maximum atomic E-state index is 14.2. The second-order valence-electron chi connectivity index (χ2n) is 6.38. The van der Waals surface area contributed by atoms with E-state index in [1.54, 1.807) is 36.4 Å². The molecule has 0 bridgehead atoms. The molecular weight excluding hydrogens is 335 g/mol. The predicted molar refractivity (Wildman–Crippen MR) is 96.1 cm³/mol. The van der Waals surface area contributed by atoms with E-state index in [9.17, 15) is 19.1 Å². The Bertz CT molecular complexity index is 838. The van der Waals surface area contributed by atoms with E-state index in [0.29, 0.717) is 29.8 Å². The molecule has 1 aliphatic heterocycles. The average Bonchev–Trinajstić information content (AvgIpc) is 2.65. The van der Waals surface area contributed by atoms with Crippen molar-refractivity contribution in [2.45, 2.75) is 19.4 Å². The standard InChI is InChI=1S/C20H21FN2O3/c1-13-5-6-17(21)16(11-13)14-3-2-4-15(12-14)20(26)23-9-8-22-19(25)18(23)7-10-24/h2-6,11-12,18,24H,7-10H2,1H3,(H,22,25)/t18-/m1/s1. The maximum absolute atomic E-state index is 14.2. The smallest absolute Gasteiger partial charge is 0.254 e.